The van der Waals surface area contributed by atoms with Gasteiger partial charge in [0.15, 0.2) is 11.5 Å². The fraction of sp³-hybridized carbons (Fsp3) is 0.105. The summed E-state index contributed by atoms with van der Waals surface area (Å²) in [4.78, 5) is 10.9. The molecule has 3 aromatic carbocycles. The van der Waals surface area contributed by atoms with E-state index in [1.807, 2.05) is 24.3 Å². The number of aldehydes is 1. The van der Waals surface area contributed by atoms with Crippen LogP contribution in [0.3, 0.4) is 0 Å². The third kappa shape index (κ3) is 2.79. The number of hydrogen-bond acceptors (Lipinski definition) is 3. The molecule has 0 amide bonds. The zero-order valence-electron chi connectivity index (χ0n) is 12.3. The molecule has 3 nitrogen and oxygen atoms in total. The second kappa shape index (κ2) is 6.31. The van der Waals surface area contributed by atoms with E-state index in [0.29, 0.717) is 23.7 Å². The van der Waals surface area contributed by atoms with Crippen molar-refractivity contribution in [2.24, 2.45) is 0 Å². The molecule has 3 heteroatoms. The highest BCUT2D eigenvalue weighted by molar-refractivity contribution is 5.85. The van der Waals surface area contributed by atoms with Gasteiger partial charge in [0.25, 0.3) is 0 Å². The Labute approximate surface area is 129 Å². The van der Waals surface area contributed by atoms with E-state index in [4.69, 9.17) is 9.47 Å². The molecule has 3 aromatic rings. The summed E-state index contributed by atoms with van der Waals surface area (Å²) in [5, 5.41) is 2.34. The molecule has 0 unspecified atom stereocenters. The van der Waals surface area contributed by atoms with Gasteiger partial charge in [0.1, 0.15) is 12.9 Å². The van der Waals surface area contributed by atoms with Gasteiger partial charge in [-0.25, -0.2) is 0 Å². The maximum absolute atomic E-state index is 10.9. The van der Waals surface area contributed by atoms with Crippen molar-refractivity contribution in [3.05, 3.63) is 71.8 Å². The van der Waals surface area contributed by atoms with Gasteiger partial charge in [0, 0.05) is 5.56 Å². The number of carbonyl (C=O) groups excluding carboxylic acids is 1. The highest BCUT2D eigenvalue weighted by Gasteiger charge is 2.07. The number of fused-ring (bicyclic) bond motifs is 1. The molecule has 0 atom stereocenters. The van der Waals surface area contributed by atoms with Crippen LogP contribution in [0.1, 0.15) is 15.9 Å². The highest BCUT2D eigenvalue weighted by atomic mass is 16.5. The van der Waals surface area contributed by atoms with E-state index < -0.39 is 0 Å². The number of hydrogen-bond donors (Lipinski definition) is 0. The fourth-order valence-electron chi connectivity index (χ4n) is 2.45. The van der Waals surface area contributed by atoms with Gasteiger partial charge in [0.2, 0.25) is 0 Å². The molecule has 0 saturated carbocycles. The lowest BCUT2D eigenvalue weighted by molar-refractivity contribution is 0.112. The Morgan fingerprint density at radius 2 is 1.77 bits per heavy atom. The second-order valence-corrected chi connectivity index (χ2v) is 4.96. The summed E-state index contributed by atoms with van der Waals surface area (Å²) >= 11 is 0. The molecule has 110 valence electrons. The van der Waals surface area contributed by atoms with E-state index in [9.17, 15) is 4.79 Å². The fourth-order valence-corrected chi connectivity index (χ4v) is 2.45. The Morgan fingerprint density at radius 3 is 2.59 bits per heavy atom. The number of rotatable bonds is 5. The van der Waals surface area contributed by atoms with Crippen molar-refractivity contribution in [2.75, 3.05) is 7.11 Å². The summed E-state index contributed by atoms with van der Waals surface area (Å²) in [7, 11) is 1.58. The molecule has 0 bridgehead atoms. The molecular formula is C19H16O3. The van der Waals surface area contributed by atoms with Crippen LogP contribution in [-0.4, -0.2) is 13.4 Å². The number of benzene rings is 3. The molecule has 0 fully saturated rings. The van der Waals surface area contributed by atoms with Gasteiger partial charge >= 0.3 is 0 Å². The molecule has 3 rings (SSSR count). The molecule has 0 spiro atoms. The van der Waals surface area contributed by atoms with Gasteiger partial charge in [-0.15, -0.1) is 0 Å². The van der Waals surface area contributed by atoms with Gasteiger partial charge in [-0.05, 0) is 34.5 Å². The summed E-state index contributed by atoms with van der Waals surface area (Å²) in [5.41, 5.74) is 1.66. The van der Waals surface area contributed by atoms with Crippen LogP contribution in [0.15, 0.2) is 60.7 Å². The summed E-state index contributed by atoms with van der Waals surface area (Å²) in [6, 6.07) is 19.4. The van der Waals surface area contributed by atoms with Crippen LogP contribution in [0.4, 0.5) is 0 Å². The van der Waals surface area contributed by atoms with Crippen molar-refractivity contribution in [1.82, 2.24) is 0 Å². The molecule has 0 N–H and O–H groups in total. The molecule has 22 heavy (non-hydrogen) atoms. The second-order valence-electron chi connectivity index (χ2n) is 4.96. The van der Waals surface area contributed by atoms with Crippen molar-refractivity contribution in [3.8, 4) is 11.5 Å². The van der Waals surface area contributed by atoms with E-state index in [0.717, 1.165) is 17.2 Å². The Hall–Kier alpha value is -2.81. The van der Waals surface area contributed by atoms with Crippen LogP contribution in [0.2, 0.25) is 0 Å². The normalized spacial score (nSPS) is 10.4. The zero-order valence-corrected chi connectivity index (χ0v) is 12.3. The minimum atomic E-state index is 0.417. The lowest BCUT2D eigenvalue weighted by Crippen LogP contribution is -1.99. The van der Waals surface area contributed by atoms with E-state index in [2.05, 4.69) is 18.2 Å². The summed E-state index contributed by atoms with van der Waals surface area (Å²) in [5.74, 6) is 1.19. The zero-order chi connectivity index (χ0) is 15.4. The van der Waals surface area contributed by atoms with E-state index in [1.165, 1.54) is 5.39 Å². The van der Waals surface area contributed by atoms with Gasteiger partial charge in [-0.1, -0.05) is 42.5 Å². The van der Waals surface area contributed by atoms with Gasteiger partial charge in [-0.2, -0.15) is 0 Å². The predicted molar refractivity (Wildman–Crippen MR) is 86.7 cm³/mol. The predicted octanol–water partition coefficient (Wildman–Crippen LogP) is 4.24. The summed E-state index contributed by atoms with van der Waals surface area (Å²) in [6.07, 6.45) is 0.796. The minimum Gasteiger partial charge on any atom is -0.493 e. The van der Waals surface area contributed by atoms with Crippen LogP contribution < -0.4 is 9.47 Å². The van der Waals surface area contributed by atoms with Crippen LogP contribution in [0.5, 0.6) is 11.5 Å². The Kier molecular flexibility index (Phi) is 4.05. The summed E-state index contributed by atoms with van der Waals surface area (Å²) in [6.45, 7) is 0.417. The van der Waals surface area contributed by atoms with Gasteiger partial charge < -0.3 is 9.47 Å². The Morgan fingerprint density at radius 1 is 0.955 bits per heavy atom. The Bertz CT molecular complexity index is 803. The van der Waals surface area contributed by atoms with E-state index in [1.54, 1.807) is 25.3 Å². The third-order valence-corrected chi connectivity index (χ3v) is 3.59. The monoisotopic (exact) mass is 292 g/mol. The number of ether oxygens (including phenoxy) is 2. The van der Waals surface area contributed by atoms with Crippen LogP contribution in [0.25, 0.3) is 10.8 Å². The van der Waals surface area contributed by atoms with Crippen molar-refractivity contribution in [2.45, 2.75) is 6.61 Å². The summed E-state index contributed by atoms with van der Waals surface area (Å²) < 4.78 is 11.2. The molecule has 0 aromatic heterocycles. The first-order valence-corrected chi connectivity index (χ1v) is 7.04. The van der Waals surface area contributed by atoms with Crippen molar-refractivity contribution < 1.29 is 14.3 Å². The molecular weight excluding hydrogens is 276 g/mol. The standard InChI is InChI=1S/C19H16O3/c1-21-18-10-9-14(12-20)11-19(18)22-13-16-7-4-6-15-5-2-3-8-17(15)16/h2-12H,13H2,1H3. The first-order valence-electron chi connectivity index (χ1n) is 7.04. The number of methoxy groups -OCH3 is 1. The van der Waals surface area contributed by atoms with E-state index >= 15 is 0 Å². The first kappa shape index (κ1) is 14.1. The molecule has 0 radical (unpaired) electrons. The molecule has 0 heterocycles. The average Bonchev–Trinajstić information content (AvgIpc) is 2.59. The maximum Gasteiger partial charge on any atom is 0.162 e. The minimum absolute atomic E-state index is 0.417. The van der Waals surface area contributed by atoms with Gasteiger partial charge in [0.05, 0.1) is 7.11 Å². The highest BCUT2D eigenvalue weighted by Crippen LogP contribution is 2.29. The quantitative estimate of drug-likeness (QED) is 0.660. The topological polar surface area (TPSA) is 35.5 Å². The van der Waals surface area contributed by atoms with Crippen molar-refractivity contribution >= 4 is 17.1 Å². The van der Waals surface area contributed by atoms with Gasteiger partial charge in [-0.3, -0.25) is 4.79 Å². The molecule has 0 aliphatic carbocycles. The molecule has 0 saturated heterocycles. The Balaban J connectivity index is 1.89. The molecule has 0 aliphatic rings. The average molecular weight is 292 g/mol. The van der Waals surface area contributed by atoms with Crippen molar-refractivity contribution in [1.29, 1.82) is 0 Å². The number of carbonyl (C=O) groups is 1. The molecule has 0 aliphatic heterocycles. The third-order valence-electron chi connectivity index (χ3n) is 3.59. The SMILES string of the molecule is COc1ccc(C=O)cc1OCc1cccc2ccccc12. The van der Waals surface area contributed by atoms with Crippen LogP contribution in [0, 0.1) is 0 Å². The van der Waals surface area contributed by atoms with E-state index in [-0.39, 0.29) is 0 Å². The van der Waals surface area contributed by atoms with Crippen LogP contribution >= 0.6 is 0 Å². The first-order chi connectivity index (χ1) is 10.8. The van der Waals surface area contributed by atoms with Crippen molar-refractivity contribution in [3.63, 3.8) is 0 Å². The maximum atomic E-state index is 10.9. The van der Waals surface area contributed by atoms with Crippen LogP contribution in [-0.2, 0) is 6.61 Å². The lowest BCUT2D eigenvalue weighted by Gasteiger charge is -2.12. The smallest absolute Gasteiger partial charge is 0.162 e. The largest absolute Gasteiger partial charge is 0.493 e. The lowest BCUT2D eigenvalue weighted by atomic mass is 10.1.